The third-order valence-corrected chi connectivity index (χ3v) is 6.12. The molecule has 5 heteroatoms. The largest absolute Gasteiger partial charge is 0.368 e. The maximum atomic E-state index is 12.3. The van der Waals surface area contributed by atoms with E-state index in [1.807, 2.05) is 27.7 Å². The number of sulfone groups is 1. The van der Waals surface area contributed by atoms with Crippen LogP contribution < -0.4 is 5.73 Å². The van der Waals surface area contributed by atoms with Crippen molar-refractivity contribution in [3.8, 4) is 0 Å². The lowest BCUT2D eigenvalue weighted by Gasteiger charge is -2.28. The molecule has 2 unspecified atom stereocenters. The van der Waals surface area contributed by atoms with E-state index in [0.29, 0.717) is 6.42 Å². The van der Waals surface area contributed by atoms with Gasteiger partial charge in [-0.2, -0.15) is 0 Å². The van der Waals surface area contributed by atoms with E-state index in [1.165, 1.54) is 0 Å². The highest BCUT2D eigenvalue weighted by molar-refractivity contribution is 7.92. The summed E-state index contributed by atoms with van der Waals surface area (Å²) in [6, 6.07) is 0. The number of hydrogen-bond acceptors (Lipinski definition) is 4. The molecule has 1 saturated heterocycles. The average molecular weight is 249 g/mol. The Morgan fingerprint density at radius 3 is 2.19 bits per heavy atom. The Morgan fingerprint density at radius 1 is 1.38 bits per heavy atom. The molecule has 0 saturated carbocycles. The standard InChI is InChI=1S/C11H23NO3S/c1-8(7-12)16(13,14)9-6-10(2,3)15-11(9,4)5/h8-9H,6-7,12H2,1-5H3. The molecule has 1 aliphatic rings. The predicted octanol–water partition coefficient (Wildman–Crippen LogP) is 1.09. The van der Waals surface area contributed by atoms with Crippen molar-refractivity contribution in [2.75, 3.05) is 6.54 Å². The molecule has 0 aromatic carbocycles. The third-order valence-electron chi connectivity index (χ3n) is 3.28. The first-order valence-electron chi connectivity index (χ1n) is 5.66. The smallest absolute Gasteiger partial charge is 0.159 e. The summed E-state index contributed by atoms with van der Waals surface area (Å²) in [5, 5.41) is -0.970. The fraction of sp³-hybridized carbons (Fsp3) is 1.00. The molecular weight excluding hydrogens is 226 g/mol. The van der Waals surface area contributed by atoms with Crippen molar-refractivity contribution >= 4 is 9.84 Å². The Morgan fingerprint density at radius 2 is 1.88 bits per heavy atom. The van der Waals surface area contributed by atoms with Crippen molar-refractivity contribution < 1.29 is 13.2 Å². The normalized spacial score (nSPS) is 30.2. The van der Waals surface area contributed by atoms with E-state index < -0.39 is 25.9 Å². The van der Waals surface area contributed by atoms with Gasteiger partial charge in [0.05, 0.1) is 21.7 Å². The van der Waals surface area contributed by atoms with Gasteiger partial charge in [0.15, 0.2) is 9.84 Å². The van der Waals surface area contributed by atoms with Crippen LogP contribution in [0.3, 0.4) is 0 Å². The van der Waals surface area contributed by atoms with Crippen LogP contribution in [-0.4, -0.2) is 36.7 Å². The second kappa shape index (κ2) is 3.96. The summed E-state index contributed by atoms with van der Waals surface area (Å²) >= 11 is 0. The highest BCUT2D eigenvalue weighted by Gasteiger charge is 2.52. The lowest BCUT2D eigenvalue weighted by molar-refractivity contribution is -0.0635. The highest BCUT2D eigenvalue weighted by Crippen LogP contribution is 2.42. The van der Waals surface area contributed by atoms with E-state index in [4.69, 9.17) is 10.5 Å². The second-order valence-corrected chi connectivity index (χ2v) is 8.35. The van der Waals surface area contributed by atoms with Crippen molar-refractivity contribution in [1.29, 1.82) is 0 Å². The van der Waals surface area contributed by atoms with Gasteiger partial charge in [0.25, 0.3) is 0 Å². The first-order chi connectivity index (χ1) is 7.03. The maximum Gasteiger partial charge on any atom is 0.159 e. The molecule has 2 N–H and O–H groups in total. The Bertz CT molecular complexity index is 359. The molecule has 0 radical (unpaired) electrons. The average Bonchev–Trinajstić information content (AvgIpc) is 2.33. The number of hydrogen-bond donors (Lipinski definition) is 1. The van der Waals surface area contributed by atoms with E-state index in [1.54, 1.807) is 6.92 Å². The Labute approximate surface area is 98.5 Å². The van der Waals surface area contributed by atoms with Gasteiger partial charge in [0, 0.05) is 6.54 Å². The lowest BCUT2D eigenvalue weighted by atomic mass is 10.0. The fourth-order valence-corrected chi connectivity index (χ4v) is 4.74. The summed E-state index contributed by atoms with van der Waals surface area (Å²) in [7, 11) is -3.22. The van der Waals surface area contributed by atoms with Gasteiger partial charge in [-0.25, -0.2) is 8.42 Å². The predicted molar refractivity (Wildman–Crippen MR) is 65.1 cm³/mol. The van der Waals surface area contributed by atoms with Gasteiger partial charge in [-0.1, -0.05) is 0 Å². The minimum absolute atomic E-state index is 0.162. The van der Waals surface area contributed by atoms with Crippen LogP contribution in [0.1, 0.15) is 41.0 Å². The van der Waals surface area contributed by atoms with Crippen LogP contribution in [0.2, 0.25) is 0 Å². The molecule has 2 atom stereocenters. The zero-order valence-electron chi connectivity index (χ0n) is 10.8. The number of ether oxygens (including phenoxy) is 1. The van der Waals surface area contributed by atoms with Crippen molar-refractivity contribution in [3.63, 3.8) is 0 Å². The summed E-state index contributed by atoms with van der Waals surface area (Å²) < 4.78 is 30.4. The molecule has 1 aliphatic heterocycles. The van der Waals surface area contributed by atoms with Gasteiger partial charge in [0.1, 0.15) is 0 Å². The molecule has 0 aromatic heterocycles. The first-order valence-corrected chi connectivity index (χ1v) is 7.27. The molecule has 1 fully saturated rings. The molecule has 0 amide bonds. The van der Waals surface area contributed by atoms with Gasteiger partial charge < -0.3 is 10.5 Å². The van der Waals surface area contributed by atoms with Crippen LogP contribution in [0.25, 0.3) is 0 Å². The zero-order chi connectivity index (χ0) is 12.8. The molecule has 4 nitrogen and oxygen atoms in total. The van der Waals surface area contributed by atoms with Crippen LogP contribution in [0.15, 0.2) is 0 Å². The van der Waals surface area contributed by atoms with E-state index in [9.17, 15) is 8.42 Å². The monoisotopic (exact) mass is 249 g/mol. The summed E-state index contributed by atoms with van der Waals surface area (Å²) in [4.78, 5) is 0. The van der Waals surface area contributed by atoms with E-state index in [-0.39, 0.29) is 12.1 Å². The minimum Gasteiger partial charge on any atom is -0.368 e. The van der Waals surface area contributed by atoms with Crippen molar-refractivity contribution in [2.45, 2.75) is 62.7 Å². The Hall–Kier alpha value is -0.130. The lowest BCUT2D eigenvalue weighted by Crippen LogP contribution is -2.44. The van der Waals surface area contributed by atoms with Crippen LogP contribution >= 0.6 is 0 Å². The van der Waals surface area contributed by atoms with Crippen molar-refractivity contribution in [2.24, 2.45) is 5.73 Å². The Balaban J connectivity index is 3.06. The van der Waals surface area contributed by atoms with Crippen molar-refractivity contribution in [1.82, 2.24) is 0 Å². The van der Waals surface area contributed by atoms with Crippen LogP contribution in [-0.2, 0) is 14.6 Å². The van der Waals surface area contributed by atoms with E-state index in [0.717, 1.165) is 0 Å². The third kappa shape index (κ3) is 2.41. The second-order valence-electron chi connectivity index (χ2n) is 5.79. The van der Waals surface area contributed by atoms with Gasteiger partial charge in [-0.3, -0.25) is 0 Å². The van der Waals surface area contributed by atoms with Crippen LogP contribution in [0, 0.1) is 0 Å². The topological polar surface area (TPSA) is 69.4 Å². The fourth-order valence-electron chi connectivity index (χ4n) is 2.44. The summed E-state index contributed by atoms with van der Waals surface area (Å²) in [5.41, 5.74) is 4.45. The van der Waals surface area contributed by atoms with Gasteiger partial charge in [0.2, 0.25) is 0 Å². The summed E-state index contributed by atoms with van der Waals surface area (Å²) in [5.74, 6) is 0. The number of rotatable bonds is 3. The first kappa shape index (κ1) is 13.9. The molecule has 0 aliphatic carbocycles. The van der Waals surface area contributed by atoms with E-state index >= 15 is 0 Å². The van der Waals surface area contributed by atoms with Gasteiger partial charge in [-0.15, -0.1) is 0 Å². The van der Waals surface area contributed by atoms with Crippen LogP contribution in [0.5, 0.6) is 0 Å². The summed E-state index contributed by atoms with van der Waals surface area (Å²) in [6.07, 6.45) is 0.534. The van der Waals surface area contributed by atoms with Crippen molar-refractivity contribution in [3.05, 3.63) is 0 Å². The highest BCUT2D eigenvalue weighted by atomic mass is 32.2. The SMILES string of the molecule is CC(CN)S(=O)(=O)C1CC(C)(C)OC1(C)C. The minimum atomic E-state index is -3.22. The molecule has 16 heavy (non-hydrogen) atoms. The quantitative estimate of drug-likeness (QED) is 0.813. The molecule has 96 valence electrons. The maximum absolute atomic E-state index is 12.3. The van der Waals surface area contributed by atoms with E-state index in [2.05, 4.69) is 0 Å². The van der Waals surface area contributed by atoms with Crippen LogP contribution in [0.4, 0.5) is 0 Å². The zero-order valence-corrected chi connectivity index (χ0v) is 11.6. The molecule has 0 spiro atoms. The molecule has 1 heterocycles. The van der Waals surface area contributed by atoms with Gasteiger partial charge >= 0.3 is 0 Å². The van der Waals surface area contributed by atoms with Gasteiger partial charge in [-0.05, 0) is 41.0 Å². The molecule has 0 aromatic rings. The molecular formula is C11H23NO3S. The molecule has 1 rings (SSSR count). The Kier molecular flexibility index (Phi) is 3.45. The number of nitrogens with two attached hydrogens (primary N) is 1. The molecule has 0 bridgehead atoms. The summed E-state index contributed by atoms with van der Waals surface area (Å²) in [6.45, 7) is 9.36.